The number of ketones is 1. The standard InChI is InChI=1S/C20H23N3O3/c1-12-4-5-14-9-18-20(26-13(2)24)10-16(22-21)17(25)11-19(20,15(14)8-12)6-7-23(18)3/h4-5,8,18H,6-7,9-11H2,1-3H3/t18-,19-,20-/m1/s1. The summed E-state index contributed by atoms with van der Waals surface area (Å²) in [4.78, 5) is 30.3. The van der Waals surface area contributed by atoms with Gasteiger partial charge in [-0.3, -0.25) is 14.5 Å². The molecular formula is C20H23N3O3. The van der Waals surface area contributed by atoms with Gasteiger partial charge in [-0.2, -0.15) is 4.79 Å². The average Bonchev–Trinajstić information content (AvgIpc) is 2.58. The lowest BCUT2D eigenvalue weighted by molar-refractivity contribution is -0.198. The van der Waals surface area contributed by atoms with E-state index in [2.05, 4.69) is 27.9 Å². The molecule has 1 aromatic rings. The van der Waals surface area contributed by atoms with Crippen LogP contribution < -0.4 is 0 Å². The van der Waals surface area contributed by atoms with Crippen LogP contribution in [0.5, 0.6) is 0 Å². The SMILES string of the molecule is CC(=O)O[C@@]12CC(=[N+]=[N-])C(=O)C[C@@]13CCN(C)[C@@H]2Cc1ccc(C)cc13. The molecule has 0 radical (unpaired) electrons. The predicted octanol–water partition coefficient (Wildman–Crippen LogP) is 1.83. The first-order chi connectivity index (χ1) is 12.3. The van der Waals surface area contributed by atoms with E-state index in [1.165, 1.54) is 12.5 Å². The second-order valence-electron chi connectivity index (χ2n) is 8.00. The van der Waals surface area contributed by atoms with E-state index in [-0.39, 0.29) is 36.3 Å². The van der Waals surface area contributed by atoms with E-state index >= 15 is 0 Å². The van der Waals surface area contributed by atoms with Gasteiger partial charge in [0.05, 0.1) is 12.5 Å². The van der Waals surface area contributed by atoms with Gasteiger partial charge < -0.3 is 10.3 Å². The van der Waals surface area contributed by atoms with Crippen molar-refractivity contribution in [1.29, 1.82) is 0 Å². The Morgan fingerprint density at radius 2 is 2.15 bits per heavy atom. The monoisotopic (exact) mass is 353 g/mol. The molecule has 2 aliphatic carbocycles. The first-order valence-electron chi connectivity index (χ1n) is 9.07. The number of likely N-dealkylation sites (N-methyl/N-ethyl adjacent to an activating group) is 1. The summed E-state index contributed by atoms with van der Waals surface area (Å²) < 4.78 is 6.06. The maximum absolute atomic E-state index is 12.7. The van der Waals surface area contributed by atoms with E-state index < -0.39 is 11.0 Å². The lowest BCUT2D eigenvalue weighted by Crippen LogP contribution is -2.75. The fraction of sp³-hybridized carbons (Fsp3) is 0.550. The number of hydrogen-bond donors (Lipinski definition) is 0. The number of ether oxygens (including phenoxy) is 1. The molecule has 3 atom stereocenters. The van der Waals surface area contributed by atoms with Crippen LogP contribution in [0.3, 0.4) is 0 Å². The van der Waals surface area contributed by atoms with E-state index in [1.54, 1.807) is 0 Å². The maximum atomic E-state index is 12.7. The van der Waals surface area contributed by atoms with Crippen LogP contribution in [-0.4, -0.2) is 52.4 Å². The van der Waals surface area contributed by atoms with Crippen molar-refractivity contribution in [3.8, 4) is 0 Å². The molecule has 1 heterocycles. The largest absolute Gasteiger partial charge is 0.456 e. The van der Waals surface area contributed by atoms with Gasteiger partial charge in [0.15, 0.2) is 0 Å². The van der Waals surface area contributed by atoms with Crippen molar-refractivity contribution in [1.82, 2.24) is 4.90 Å². The molecule has 3 aliphatic rings. The van der Waals surface area contributed by atoms with Crippen molar-refractivity contribution in [2.24, 2.45) is 0 Å². The number of esters is 1. The lowest BCUT2D eigenvalue weighted by atomic mass is 9.49. The van der Waals surface area contributed by atoms with Gasteiger partial charge in [0.25, 0.3) is 0 Å². The van der Waals surface area contributed by atoms with Gasteiger partial charge >= 0.3 is 11.7 Å². The van der Waals surface area contributed by atoms with E-state index in [9.17, 15) is 15.1 Å². The Kier molecular flexibility index (Phi) is 3.69. The van der Waals surface area contributed by atoms with Crippen molar-refractivity contribution in [3.05, 3.63) is 40.4 Å². The summed E-state index contributed by atoms with van der Waals surface area (Å²) in [5.74, 6) is -0.523. The zero-order valence-corrected chi connectivity index (χ0v) is 15.4. The van der Waals surface area contributed by atoms with Gasteiger partial charge in [-0.25, -0.2) is 0 Å². The van der Waals surface area contributed by atoms with E-state index in [0.29, 0.717) is 0 Å². The molecule has 2 fully saturated rings. The van der Waals surface area contributed by atoms with E-state index in [4.69, 9.17) is 4.74 Å². The molecule has 0 amide bonds. The second-order valence-corrected chi connectivity index (χ2v) is 8.00. The number of fused-ring (bicyclic) bond motifs is 1. The molecule has 1 saturated heterocycles. The molecule has 0 N–H and O–H groups in total. The van der Waals surface area contributed by atoms with E-state index in [0.717, 1.165) is 30.5 Å². The molecule has 0 spiro atoms. The Hall–Kier alpha value is -2.30. The van der Waals surface area contributed by atoms with E-state index in [1.807, 2.05) is 14.0 Å². The van der Waals surface area contributed by atoms with Gasteiger partial charge in [0.2, 0.25) is 5.78 Å². The highest BCUT2D eigenvalue weighted by Crippen LogP contribution is 2.58. The summed E-state index contributed by atoms with van der Waals surface area (Å²) in [7, 11) is 2.03. The first-order valence-corrected chi connectivity index (χ1v) is 9.07. The molecule has 136 valence electrons. The Balaban J connectivity index is 2.03. The van der Waals surface area contributed by atoms with Gasteiger partial charge in [-0.05, 0) is 44.5 Å². The third-order valence-electron chi connectivity index (χ3n) is 6.63. The second kappa shape index (κ2) is 5.60. The summed E-state index contributed by atoms with van der Waals surface area (Å²) in [6.07, 6.45) is 1.84. The van der Waals surface area contributed by atoms with Crippen molar-refractivity contribution in [2.45, 2.75) is 56.6 Å². The number of rotatable bonds is 1. The molecule has 6 nitrogen and oxygen atoms in total. The van der Waals surface area contributed by atoms with Crippen LogP contribution in [0.15, 0.2) is 18.2 Å². The van der Waals surface area contributed by atoms with Crippen LogP contribution in [0.1, 0.15) is 42.9 Å². The molecule has 1 aliphatic heterocycles. The molecule has 2 bridgehead atoms. The van der Waals surface area contributed by atoms with Gasteiger partial charge in [0.1, 0.15) is 5.60 Å². The molecule has 26 heavy (non-hydrogen) atoms. The lowest BCUT2D eigenvalue weighted by Gasteiger charge is -2.63. The van der Waals surface area contributed by atoms with Crippen molar-refractivity contribution in [3.63, 3.8) is 0 Å². The zero-order valence-electron chi connectivity index (χ0n) is 15.4. The first kappa shape index (κ1) is 17.1. The molecule has 1 aromatic carbocycles. The van der Waals surface area contributed by atoms with Crippen LogP contribution in [0, 0.1) is 6.92 Å². The summed E-state index contributed by atoms with van der Waals surface area (Å²) in [6.45, 7) is 4.28. The number of benzene rings is 1. The number of piperidine rings is 1. The topological polar surface area (TPSA) is 83.0 Å². The normalized spacial score (nSPS) is 33.1. The number of aryl methyl sites for hydroxylation is 1. The van der Waals surface area contributed by atoms with Crippen LogP contribution >= 0.6 is 0 Å². The quantitative estimate of drug-likeness (QED) is 0.438. The van der Waals surface area contributed by atoms with Crippen LogP contribution in [0.4, 0.5) is 0 Å². The zero-order chi connectivity index (χ0) is 18.7. The third kappa shape index (κ3) is 2.09. The van der Waals surface area contributed by atoms with Crippen LogP contribution in [0.25, 0.3) is 5.53 Å². The van der Waals surface area contributed by atoms with Crippen LogP contribution in [-0.2, 0) is 26.2 Å². The maximum Gasteiger partial charge on any atom is 0.338 e. The Bertz CT molecular complexity index is 873. The fourth-order valence-corrected chi connectivity index (χ4v) is 5.51. The van der Waals surface area contributed by atoms with Gasteiger partial charge in [0, 0.05) is 18.8 Å². The molecule has 6 heteroatoms. The molecule has 0 aromatic heterocycles. The summed E-state index contributed by atoms with van der Waals surface area (Å²) in [5, 5.41) is 0. The number of likely N-dealkylation sites (tertiary alicyclic amines) is 1. The summed E-state index contributed by atoms with van der Waals surface area (Å²) >= 11 is 0. The summed E-state index contributed by atoms with van der Waals surface area (Å²) in [5.41, 5.74) is 11.5. The highest BCUT2D eigenvalue weighted by molar-refractivity contribution is 6.39. The fourth-order valence-electron chi connectivity index (χ4n) is 5.51. The number of carbonyl (C=O) groups excluding carboxylic acids is 2. The van der Waals surface area contributed by atoms with Crippen molar-refractivity contribution in [2.75, 3.05) is 13.6 Å². The van der Waals surface area contributed by atoms with Gasteiger partial charge in [-0.15, -0.1) is 0 Å². The molecule has 4 rings (SSSR count). The molecular weight excluding hydrogens is 330 g/mol. The number of carbonyl (C=O) groups is 2. The summed E-state index contributed by atoms with van der Waals surface area (Å²) in [6, 6.07) is 6.31. The number of Topliss-reactive ketones (excluding diaryl/α,β-unsaturated/α-hetero) is 1. The predicted molar refractivity (Wildman–Crippen MR) is 95.0 cm³/mol. The molecule has 1 saturated carbocycles. The van der Waals surface area contributed by atoms with Crippen LogP contribution in [0.2, 0.25) is 0 Å². The van der Waals surface area contributed by atoms with Crippen molar-refractivity contribution >= 4 is 17.5 Å². The minimum absolute atomic E-state index is 0.0554. The van der Waals surface area contributed by atoms with Crippen molar-refractivity contribution < 1.29 is 19.1 Å². The highest BCUT2D eigenvalue weighted by Gasteiger charge is 2.70. The Morgan fingerprint density at radius 1 is 1.38 bits per heavy atom. The Morgan fingerprint density at radius 3 is 2.85 bits per heavy atom. The minimum Gasteiger partial charge on any atom is -0.456 e. The number of nitrogens with zero attached hydrogens (tertiary/aromatic N) is 3. The molecule has 0 unspecified atom stereocenters. The highest BCUT2D eigenvalue weighted by atomic mass is 16.6. The average molecular weight is 353 g/mol. The minimum atomic E-state index is -0.887. The smallest absolute Gasteiger partial charge is 0.338 e. The Labute approximate surface area is 152 Å². The number of hydrogen-bond acceptors (Lipinski definition) is 4. The third-order valence-corrected chi connectivity index (χ3v) is 6.63. The van der Waals surface area contributed by atoms with Gasteiger partial charge in [-0.1, -0.05) is 23.8 Å².